The number of carbonyl (C=O) groups excluding carboxylic acids is 1. The molecule has 0 bridgehead atoms. The fourth-order valence-corrected chi connectivity index (χ4v) is 0.800. The minimum Gasteiger partial charge on any atom is -0.393 e. The van der Waals surface area contributed by atoms with Crippen LogP contribution in [0.1, 0.15) is 12.8 Å². The highest BCUT2D eigenvalue weighted by atomic mass is 32.1. The van der Waals surface area contributed by atoms with E-state index in [1.807, 2.05) is 0 Å². The van der Waals surface area contributed by atoms with Gasteiger partial charge in [0.25, 0.3) is 0 Å². The number of hydrogen-bond donors (Lipinski definition) is 1. The second-order valence-electron chi connectivity index (χ2n) is 2.82. The summed E-state index contributed by atoms with van der Waals surface area (Å²) < 4.78 is 35.3. The van der Waals surface area contributed by atoms with Crippen LogP contribution < -0.4 is 5.73 Å². The number of rotatable bonds is 4. The molecule has 0 aromatic rings. The Kier molecular flexibility index (Phi) is 4.82. The Morgan fingerprint density at radius 1 is 1.50 bits per heavy atom. The van der Waals surface area contributed by atoms with Crippen molar-refractivity contribution in [1.29, 1.82) is 0 Å². The van der Waals surface area contributed by atoms with Gasteiger partial charge >= 0.3 is 6.18 Å². The van der Waals surface area contributed by atoms with Crippen LogP contribution >= 0.6 is 12.2 Å². The highest BCUT2D eigenvalue weighted by molar-refractivity contribution is 7.80. The van der Waals surface area contributed by atoms with E-state index in [0.29, 0.717) is 0 Å². The topological polar surface area (TPSA) is 46.3 Å². The van der Waals surface area contributed by atoms with Crippen LogP contribution in [0, 0.1) is 0 Å². The van der Waals surface area contributed by atoms with E-state index in [0.717, 1.165) is 4.90 Å². The normalized spacial score (nSPS) is 11.1. The Morgan fingerprint density at radius 2 is 2.00 bits per heavy atom. The predicted molar refractivity (Wildman–Crippen MR) is 49.7 cm³/mol. The largest absolute Gasteiger partial charge is 0.397 e. The summed E-state index contributed by atoms with van der Waals surface area (Å²) >= 11 is 4.53. The first-order chi connectivity index (χ1) is 6.22. The Labute approximate surface area is 85.0 Å². The monoisotopic (exact) mass is 228 g/mol. The lowest BCUT2D eigenvalue weighted by Crippen LogP contribution is -2.33. The molecule has 0 aromatic carbocycles. The van der Waals surface area contributed by atoms with Crippen molar-refractivity contribution in [1.82, 2.24) is 4.90 Å². The van der Waals surface area contributed by atoms with Gasteiger partial charge in [0.05, 0.1) is 4.99 Å². The van der Waals surface area contributed by atoms with Crippen molar-refractivity contribution in [3.8, 4) is 0 Å². The summed E-state index contributed by atoms with van der Waals surface area (Å²) in [4.78, 5) is 12.0. The molecule has 0 radical (unpaired) electrons. The fourth-order valence-electron chi connectivity index (χ4n) is 0.709. The number of hydrogen-bond acceptors (Lipinski definition) is 2. The van der Waals surface area contributed by atoms with Crippen molar-refractivity contribution in [3.05, 3.63) is 0 Å². The zero-order valence-corrected chi connectivity index (χ0v) is 8.41. The highest BCUT2D eigenvalue weighted by Gasteiger charge is 2.32. The van der Waals surface area contributed by atoms with Crippen molar-refractivity contribution < 1.29 is 18.0 Å². The molecule has 0 aliphatic carbocycles. The third-order valence-electron chi connectivity index (χ3n) is 1.47. The van der Waals surface area contributed by atoms with Crippen LogP contribution in [0.4, 0.5) is 13.2 Å². The first-order valence-electron chi connectivity index (χ1n) is 3.81. The summed E-state index contributed by atoms with van der Waals surface area (Å²) in [6, 6.07) is 0. The van der Waals surface area contributed by atoms with Gasteiger partial charge in [-0.3, -0.25) is 4.79 Å². The van der Waals surface area contributed by atoms with Crippen molar-refractivity contribution in [2.24, 2.45) is 5.73 Å². The molecule has 0 heterocycles. The Hall–Kier alpha value is -0.850. The number of carbonyl (C=O) groups is 1. The highest BCUT2D eigenvalue weighted by Crippen LogP contribution is 2.20. The molecule has 0 saturated carbocycles. The zero-order chi connectivity index (χ0) is 11.4. The molecule has 7 heteroatoms. The molecule has 0 spiro atoms. The molecule has 0 unspecified atom stereocenters. The van der Waals surface area contributed by atoms with Gasteiger partial charge in [-0.1, -0.05) is 12.2 Å². The molecule has 0 rings (SSSR count). The second kappa shape index (κ2) is 5.14. The summed E-state index contributed by atoms with van der Waals surface area (Å²) in [7, 11) is 1.28. The maximum atomic E-state index is 11.8. The van der Waals surface area contributed by atoms with Crippen LogP contribution in [-0.2, 0) is 4.79 Å². The van der Waals surface area contributed by atoms with Crippen LogP contribution in [0.5, 0.6) is 0 Å². The molecule has 0 fully saturated rings. The van der Waals surface area contributed by atoms with Crippen molar-refractivity contribution in [3.63, 3.8) is 0 Å². The molecule has 0 atom stereocenters. The van der Waals surface area contributed by atoms with E-state index in [-0.39, 0.29) is 18.0 Å². The first kappa shape index (κ1) is 13.2. The van der Waals surface area contributed by atoms with Gasteiger partial charge in [-0.2, -0.15) is 13.2 Å². The molecule has 2 N–H and O–H groups in total. The van der Waals surface area contributed by atoms with Gasteiger partial charge in [-0.05, 0) is 0 Å². The van der Waals surface area contributed by atoms with E-state index in [4.69, 9.17) is 5.73 Å². The number of nitrogens with zero attached hydrogens (tertiary/aromatic N) is 1. The van der Waals surface area contributed by atoms with Crippen LogP contribution in [-0.4, -0.2) is 35.6 Å². The van der Waals surface area contributed by atoms with Crippen LogP contribution in [0.3, 0.4) is 0 Å². The standard InChI is InChI=1S/C7H11F3N2OS/c1-12(3-2-5(11)14)6(13)4-7(8,9)10/h2-4H2,1H3,(H2,11,14). The smallest absolute Gasteiger partial charge is 0.393 e. The molecule has 3 nitrogen and oxygen atoms in total. The summed E-state index contributed by atoms with van der Waals surface area (Å²) in [5.41, 5.74) is 5.14. The van der Waals surface area contributed by atoms with Gasteiger partial charge in [0.15, 0.2) is 0 Å². The third kappa shape index (κ3) is 6.64. The Morgan fingerprint density at radius 3 is 2.36 bits per heavy atom. The van der Waals surface area contributed by atoms with Crippen LogP contribution in [0.25, 0.3) is 0 Å². The van der Waals surface area contributed by atoms with Crippen LogP contribution in [0.2, 0.25) is 0 Å². The lowest BCUT2D eigenvalue weighted by molar-refractivity contribution is -0.160. The average molecular weight is 228 g/mol. The Bertz CT molecular complexity index is 229. The number of halogens is 3. The second-order valence-corrected chi connectivity index (χ2v) is 3.35. The van der Waals surface area contributed by atoms with Gasteiger partial charge in [-0.25, -0.2) is 0 Å². The van der Waals surface area contributed by atoms with Crippen LogP contribution in [0.15, 0.2) is 0 Å². The minimum atomic E-state index is -4.46. The maximum absolute atomic E-state index is 11.8. The maximum Gasteiger partial charge on any atom is 0.397 e. The molecule has 14 heavy (non-hydrogen) atoms. The molecular formula is C7H11F3N2OS. The molecule has 0 aliphatic rings. The van der Waals surface area contributed by atoms with E-state index in [1.54, 1.807) is 0 Å². The summed E-state index contributed by atoms with van der Waals surface area (Å²) in [5.74, 6) is -0.978. The van der Waals surface area contributed by atoms with Gasteiger partial charge in [0.1, 0.15) is 6.42 Å². The number of amides is 1. The van der Waals surface area contributed by atoms with E-state index >= 15 is 0 Å². The first-order valence-corrected chi connectivity index (χ1v) is 4.22. The van der Waals surface area contributed by atoms with E-state index in [2.05, 4.69) is 12.2 Å². The lowest BCUT2D eigenvalue weighted by atomic mass is 10.3. The number of alkyl halides is 3. The SMILES string of the molecule is CN(CCC(N)=S)C(=O)CC(F)(F)F. The van der Waals surface area contributed by atoms with Crippen molar-refractivity contribution >= 4 is 23.1 Å². The molecular weight excluding hydrogens is 217 g/mol. The number of thiocarbonyl (C=S) groups is 1. The van der Waals surface area contributed by atoms with E-state index < -0.39 is 18.5 Å². The molecule has 0 aromatic heterocycles. The quantitative estimate of drug-likeness (QED) is 0.732. The van der Waals surface area contributed by atoms with Crippen molar-refractivity contribution in [2.75, 3.05) is 13.6 Å². The fraction of sp³-hybridized carbons (Fsp3) is 0.714. The summed E-state index contributed by atoms with van der Waals surface area (Å²) in [5, 5.41) is 0. The van der Waals surface area contributed by atoms with Gasteiger partial charge in [0.2, 0.25) is 5.91 Å². The predicted octanol–water partition coefficient (Wildman–Crippen LogP) is 1.07. The average Bonchev–Trinajstić information content (AvgIpc) is 1.96. The Balaban J connectivity index is 3.94. The minimum absolute atomic E-state index is 0.115. The molecule has 82 valence electrons. The van der Waals surface area contributed by atoms with Gasteiger partial charge in [-0.15, -0.1) is 0 Å². The van der Waals surface area contributed by atoms with E-state index in [9.17, 15) is 18.0 Å². The van der Waals surface area contributed by atoms with E-state index in [1.165, 1.54) is 7.05 Å². The van der Waals surface area contributed by atoms with Gasteiger partial charge < -0.3 is 10.6 Å². The zero-order valence-electron chi connectivity index (χ0n) is 7.60. The number of nitrogens with two attached hydrogens (primary N) is 1. The molecule has 0 saturated heterocycles. The molecule has 0 aliphatic heterocycles. The lowest BCUT2D eigenvalue weighted by Gasteiger charge is -2.17. The summed E-state index contributed by atoms with van der Waals surface area (Å²) in [6.07, 6.45) is -5.68. The van der Waals surface area contributed by atoms with Gasteiger partial charge in [0, 0.05) is 20.0 Å². The molecule has 1 amide bonds. The third-order valence-corrected chi connectivity index (χ3v) is 1.68. The summed E-state index contributed by atoms with van der Waals surface area (Å²) in [6.45, 7) is 0.115. The van der Waals surface area contributed by atoms with Crippen molar-refractivity contribution in [2.45, 2.75) is 19.0 Å².